The Kier molecular flexibility index (Phi) is 4.79. The minimum absolute atomic E-state index is 0.109. The molecule has 1 aliphatic rings. The summed E-state index contributed by atoms with van der Waals surface area (Å²) in [5, 5.41) is 0.381. The van der Waals surface area contributed by atoms with Gasteiger partial charge >= 0.3 is 0 Å². The summed E-state index contributed by atoms with van der Waals surface area (Å²) in [5.74, 6) is 0.655. The lowest BCUT2D eigenvalue weighted by molar-refractivity contribution is 0.580. The molecule has 122 valence electrons. The van der Waals surface area contributed by atoms with E-state index < -0.39 is 10.0 Å². The van der Waals surface area contributed by atoms with E-state index in [0.29, 0.717) is 16.7 Å². The molecule has 0 unspecified atom stereocenters. The summed E-state index contributed by atoms with van der Waals surface area (Å²) in [6.45, 7) is 1.99. The third-order valence-electron chi connectivity index (χ3n) is 3.64. The van der Waals surface area contributed by atoms with Gasteiger partial charge in [0.05, 0.1) is 17.1 Å². The van der Waals surface area contributed by atoms with Gasteiger partial charge < -0.3 is 4.90 Å². The topological polar surface area (TPSA) is 75.2 Å². The van der Waals surface area contributed by atoms with Gasteiger partial charge in [0.25, 0.3) is 0 Å². The number of sulfonamides is 1. The maximum Gasteiger partial charge on any atom is 0.240 e. The van der Waals surface area contributed by atoms with Crippen LogP contribution in [-0.4, -0.2) is 31.5 Å². The first-order valence-electron chi connectivity index (χ1n) is 7.37. The van der Waals surface area contributed by atoms with E-state index in [1.807, 2.05) is 0 Å². The molecule has 0 amide bonds. The van der Waals surface area contributed by atoms with Crippen LogP contribution in [0, 0.1) is 0 Å². The quantitative estimate of drug-likeness (QED) is 0.892. The zero-order chi connectivity index (χ0) is 16.3. The van der Waals surface area contributed by atoms with Crippen molar-refractivity contribution in [3.8, 4) is 0 Å². The molecular formula is C15H17ClN4O2S. The first kappa shape index (κ1) is 16.2. The van der Waals surface area contributed by atoms with E-state index in [1.54, 1.807) is 24.4 Å². The van der Waals surface area contributed by atoms with Crippen LogP contribution >= 0.6 is 11.6 Å². The Labute approximate surface area is 140 Å². The Morgan fingerprint density at radius 2 is 2.00 bits per heavy atom. The third kappa shape index (κ3) is 3.99. The van der Waals surface area contributed by atoms with Crippen LogP contribution in [0.5, 0.6) is 0 Å². The maximum absolute atomic E-state index is 12.3. The maximum atomic E-state index is 12.3. The van der Waals surface area contributed by atoms with Crippen molar-refractivity contribution in [1.29, 1.82) is 0 Å². The second-order valence-electron chi connectivity index (χ2n) is 5.32. The molecule has 0 atom stereocenters. The Balaban J connectivity index is 1.71. The molecule has 1 aliphatic heterocycles. The van der Waals surface area contributed by atoms with E-state index in [9.17, 15) is 8.42 Å². The molecule has 1 fully saturated rings. The fourth-order valence-corrected chi connectivity index (χ4v) is 3.74. The number of benzene rings is 1. The molecule has 6 nitrogen and oxygen atoms in total. The zero-order valence-corrected chi connectivity index (χ0v) is 14.0. The van der Waals surface area contributed by atoms with Crippen LogP contribution in [0.1, 0.15) is 18.5 Å². The van der Waals surface area contributed by atoms with Crippen molar-refractivity contribution in [1.82, 2.24) is 14.7 Å². The van der Waals surface area contributed by atoms with E-state index in [2.05, 4.69) is 19.6 Å². The summed E-state index contributed by atoms with van der Waals surface area (Å²) in [6, 6.07) is 7.86. The van der Waals surface area contributed by atoms with Gasteiger partial charge in [0.2, 0.25) is 16.0 Å². The lowest BCUT2D eigenvalue weighted by Gasteiger charge is -2.15. The Bertz CT molecular complexity index is 792. The molecule has 0 aliphatic carbocycles. The molecule has 1 saturated heterocycles. The molecule has 8 heteroatoms. The van der Waals surface area contributed by atoms with Crippen LogP contribution < -0.4 is 9.62 Å². The molecule has 1 aromatic carbocycles. The lowest BCUT2D eigenvalue weighted by atomic mass is 10.4. The van der Waals surface area contributed by atoms with Crippen LogP contribution in [0.3, 0.4) is 0 Å². The number of anilines is 1. The van der Waals surface area contributed by atoms with Crippen molar-refractivity contribution in [3.63, 3.8) is 0 Å². The van der Waals surface area contributed by atoms with Crippen LogP contribution in [0.15, 0.2) is 41.4 Å². The average Bonchev–Trinajstić information content (AvgIpc) is 3.08. The molecule has 0 radical (unpaired) electrons. The standard InChI is InChI=1S/C15H17ClN4O2S/c16-12-4-3-5-14(10-12)23(21,22)18-11-13-6-7-17-15(19-13)20-8-1-2-9-20/h3-7,10,18H,1-2,8-9,11H2. The molecule has 0 saturated carbocycles. The van der Waals surface area contributed by atoms with Crippen molar-refractivity contribution in [3.05, 3.63) is 47.2 Å². The minimum Gasteiger partial charge on any atom is -0.341 e. The van der Waals surface area contributed by atoms with Gasteiger partial charge in [-0.25, -0.2) is 23.1 Å². The molecule has 2 aromatic rings. The highest BCUT2D eigenvalue weighted by atomic mass is 35.5. The fraction of sp³-hybridized carbons (Fsp3) is 0.333. The van der Waals surface area contributed by atoms with Crippen LogP contribution in [-0.2, 0) is 16.6 Å². The first-order valence-corrected chi connectivity index (χ1v) is 9.23. The molecule has 1 aromatic heterocycles. The number of nitrogens with zero attached hydrogens (tertiary/aromatic N) is 3. The number of nitrogens with one attached hydrogen (secondary N) is 1. The van der Waals surface area contributed by atoms with Gasteiger partial charge in [0.1, 0.15) is 0 Å². The van der Waals surface area contributed by atoms with Gasteiger partial charge in [-0.1, -0.05) is 17.7 Å². The number of halogens is 1. The molecule has 3 rings (SSSR count). The van der Waals surface area contributed by atoms with E-state index in [-0.39, 0.29) is 11.4 Å². The largest absolute Gasteiger partial charge is 0.341 e. The second kappa shape index (κ2) is 6.82. The summed E-state index contributed by atoms with van der Waals surface area (Å²) in [4.78, 5) is 10.9. The summed E-state index contributed by atoms with van der Waals surface area (Å²) in [7, 11) is -3.62. The highest BCUT2D eigenvalue weighted by Crippen LogP contribution is 2.17. The zero-order valence-electron chi connectivity index (χ0n) is 12.4. The molecule has 0 spiro atoms. The van der Waals surface area contributed by atoms with Crippen molar-refractivity contribution in [2.75, 3.05) is 18.0 Å². The van der Waals surface area contributed by atoms with Gasteiger partial charge in [0.15, 0.2) is 0 Å². The monoisotopic (exact) mass is 352 g/mol. The number of rotatable bonds is 5. The molecule has 0 bridgehead atoms. The van der Waals surface area contributed by atoms with Crippen molar-refractivity contribution < 1.29 is 8.42 Å². The summed E-state index contributed by atoms with van der Waals surface area (Å²) < 4.78 is 27.1. The molecule has 1 N–H and O–H groups in total. The predicted octanol–water partition coefficient (Wildman–Crippen LogP) is 2.21. The van der Waals surface area contributed by atoms with E-state index >= 15 is 0 Å². The Morgan fingerprint density at radius 1 is 1.22 bits per heavy atom. The van der Waals surface area contributed by atoms with Gasteiger partial charge in [-0.2, -0.15) is 0 Å². The van der Waals surface area contributed by atoms with E-state index in [0.717, 1.165) is 25.9 Å². The first-order chi connectivity index (χ1) is 11.0. The smallest absolute Gasteiger partial charge is 0.240 e. The summed E-state index contributed by atoms with van der Waals surface area (Å²) in [5.41, 5.74) is 0.632. The highest BCUT2D eigenvalue weighted by Gasteiger charge is 2.17. The molecule has 23 heavy (non-hydrogen) atoms. The fourth-order valence-electron chi connectivity index (χ4n) is 2.44. The number of hydrogen-bond acceptors (Lipinski definition) is 5. The Morgan fingerprint density at radius 3 is 2.74 bits per heavy atom. The number of aromatic nitrogens is 2. The van der Waals surface area contributed by atoms with Gasteiger partial charge in [0, 0.05) is 24.3 Å². The van der Waals surface area contributed by atoms with Gasteiger partial charge in [-0.3, -0.25) is 0 Å². The van der Waals surface area contributed by atoms with Crippen molar-refractivity contribution >= 4 is 27.6 Å². The normalized spacial score (nSPS) is 15.1. The van der Waals surface area contributed by atoms with E-state index in [4.69, 9.17) is 11.6 Å². The Hall–Kier alpha value is -1.70. The summed E-state index contributed by atoms with van der Waals surface area (Å²) in [6.07, 6.45) is 3.92. The number of hydrogen-bond donors (Lipinski definition) is 1. The SMILES string of the molecule is O=S(=O)(NCc1ccnc(N2CCCC2)n1)c1cccc(Cl)c1. The van der Waals surface area contributed by atoms with Crippen LogP contribution in [0.25, 0.3) is 0 Å². The lowest BCUT2D eigenvalue weighted by Crippen LogP contribution is -2.25. The van der Waals surface area contributed by atoms with Crippen molar-refractivity contribution in [2.24, 2.45) is 0 Å². The van der Waals surface area contributed by atoms with Crippen molar-refractivity contribution in [2.45, 2.75) is 24.3 Å². The average molecular weight is 353 g/mol. The minimum atomic E-state index is -3.62. The second-order valence-corrected chi connectivity index (χ2v) is 7.53. The van der Waals surface area contributed by atoms with Crippen LogP contribution in [0.4, 0.5) is 5.95 Å². The third-order valence-corrected chi connectivity index (χ3v) is 5.27. The predicted molar refractivity (Wildman–Crippen MR) is 89.0 cm³/mol. The van der Waals surface area contributed by atoms with E-state index in [1.165, 1.54) is 12.1 Å². The van der Waals surface area contributed by atoms with Gasteiger partial charge in [-0.15, -0.1) is 0 Å². The highest BCUT2D eigenvalue weighted by molar-refractivity contribution is 7.89. The summed E-state index contributed by atoms with van der Waals surface area (Å²) >= 11 is 5.84. The molecular weight excluding hydrogens is 336 g/mol. The molecule has 2 heterocycles. The van der Waals surface area contributed by atoms with Crippen LogP contribution in [0.2, 0.25) is 5.02 Å². The van der Waals surface area contributed by atoms with Gasteiger partial charge in [-0.05, 0) is 37.1 Å².